The van der Waals surface area contributed by atoms with Crippen molar-refractivity contribution in [1.29, 1.82) is 0 Å². The first-order valence-corrected chi connectivity index (χ1v) is 24.4. The summed E-state index contributed by atoms with van der Waals surface area (Å²) in [5.41, 5.74) is 0. The standard InChI is InChI=1S/2C20H43O4P.Mg/c2*1-3-5-7-9-11-13-15-17-19-23-25(21,22)24-20-18-16-14-12-10-8-6-4-2;/h2*3-20H2,1-2H3,(H,21,22);/q;;+2/p-2. The quantitative estimate of drug-likeness (QED) is 0.0343. The molecule has 0 fully saturated rings. The van der Waals surface area contributed by atoms with E-state index in [-0.39, 0.29) is 49.5 Å². The second-order valence-electron chi connectivity index (χ2n) is 14.1. The van der Waals surface area contributed by atoms with Crippen LogP contribution in [-0.2, 0) is 27.2 Å². The monoisotopic (exact) mass is 779 g/mol. The average Bonchev–Trinajstić information content (AvgIpc) is 3.09. The van der Waals surface area contributed by atoms with E-state index in [0.717, 1.165) is 77.0 Å². The SMILES string of the molecule is CCCCCCCCCCOP(=O)([O-])OCCCCCCCCCC.CCCCCCCCCCOP(=O)([O-])OCCCCCCCCCC.[Mg+2]. The van der Waals surface area contributed by atoms with Crippen LogP contribution >= 0.6 is 15.6 Å². The molecule has 0 aliphatic heterocycles. The van der Waals surface area contributed by atoms with Gasteiger partial charge < -0.3 is 27.9 Å². The van der Waals surface area contributed by atoms with Gasteiger partial charge in [0.25, 0.3) is 15.6 Å². The molecule has 304 valence electrons. The van der Waals surface area contributed by atoms with Gasteiger partial charge in [0, 0.05) is 0 Å². The fourth-order valence-electron chi connectivity index (χ4n) is 5.72. The van der Waals surface area contributed by atoms with Crippen molar-refractivity contribution in [3.63, 3.8) is 0 Å². The van der Waals surface area contributed by atoms with Crippen molar-refractivity contribution in [3.05, 3.63) is 0 Å². The first-order chi connectivity index (χ1) is 24.2. The summed E-state index contributed by atoms with van der Waals surface area (Å²) in [6, 6.07) is 0. The van der Waals surface area contributed by atoms with Crippen molar-refractivity contribution < 1.29 is 37.0 Å². The molecule has 0 aliphatic rings. The maximum absolute atomic E-state index is 11.6. The third kappa shape index (κ3) is 51.0. The molecule has 0 amide bonds. The van der Waals surface area contributed by atoms with Crippen LogP contribution < -0.4 is 9.79 Å². The summed E-state index contributed by atoms with van der Waals surface area (Å²) in [6.07, 6.45) is 37.7. The fraction of sp³-hybridized carbons (Fsp3) is 1.00. The smallest absolute Gasteiger partial charge is 0.756 e. The molecule has 0 unspecified atom stereocenters. The molecule has 0 aromatic heterocycles. The molecule has 0 saturated carbocycles. The van der Waals surface area contributed by atoms with Crippen molar-refractivity contribution >= 4 is 38.7 Å². The second-order valence-corrected chi connectivity index (χ2v) is 16.9. The molecule has 8 nitrogen and oxygen atoms in total. The third-order valence-electron chi connectivity index (χ3n) is 8.99. The first kappa shape index (κ1) is 56.3. The Balaban J connectivity index is -0.000000886. The minimum atomic E-state index is -4.08. The van der Waals surface area contributed by atoms with Gasteiger partial charge in [-0.3, -0.25) is 9.13 Å². The van der Waals surface area contributed by atoms with E-state index >= 15 is 0 Å². The molecule has 0 saturated heterocycles. The first-order valence-electron chi connectivity index (χ1n) is 21.4. The number of rotatable bonds is 40. The Morgan fingerprint density at radius 3 is 0.588 bits per heavy atom. The van der Waals surface area contributed by atoms with Crippen LogP contribution in [0.15, 0.2) is 0 Å². The Kier molecular flexibility index (Phi) is 50.1. The van der Waals surface area contributed by atoms with Crippen LogP contribution in [0.25, 0.3) is 0 Å². The van der Waals surface area contributed by atoms with Gasteiger partial charge in [-0.05, 0) is 25.7 Å². The van der Waals surface area contributed by atoms with E-state index in [1.165, 1.54) is 128 Å². The fourth-order valence-corrected chi connectivity index (χ4v) is 7.28. The van der Waals surface area contributed by atoms with Crippen LogP contribution in [0, 0.1) is 0 Å². The van der Waals surface area contributed by atoms with Crippen molar-refractivity contribution in [2.75, 3.05) is 26.4 Å². The summed E-state index contributed by atoms with van der Waals surface area (Å²) in [5.74, 6) is 0. The summed E-state index contributed by atoms with van der Waals surface area (Å²) in [6.45, 7) is 9.90. The Labute approximate surface area is 333 Å². The van der Waals surface area contributed by atoms with Crippen molar-refractivity contribution in [3.8, 4) is 0 Å². The summed E-state index contributed by atoms with van der Waals surface area (Å²) in [4.78, 5) is 23.3. The van der Waals surface area contributed by atoms with E-state index in [2.05, 4.69) is 27.7 Å². The van der Waals surface area contributed by atoms with Gasteiger partial charge in [0.1, 0.15) is 0 Å². The zero-order chi connectivity index (χ0) is 37.3. The van der Waals surface area contributed by atoms with Gasteiger partial charge in [-0.15, -0.1) is 0 Å². The van der Waals surface area contributed by atoms with E-state index in [1.54, 1.807) is 0 Å². The van der Waals surface area contributed by atoms with Gasteiger partial charge in [-0.1, -0.05) is 207 Å². The van der Waals surface area contributed by atoms with Gasteiger partial charge in [-0.2, -0.15) is 0 Å². The molecule has 0 heterocycles. The molecule has 0 rings (SSSR count). The van der Waals surface area contributed by atoms with E-state index in [0.29, 0.717) is 0 Å². The van der Waals surface area contributed by atoms with Crippen molar-refractivity contribution in [2.45, 2.75) is 233 Å². The normalized spacial score (nSPS) is 11.7. The molecular formula is C40H84MgO8P2. The zero-order valence-electron chi connectivity index (χ0n) is 34.3. The maximum atomic E-state index is 11.6. The maximum Gasteiger partial charge on any atom is 2.00 e. The molecule has 0 atom stereocenters. The molecule has 0 N–H and O–H groups in total. The van der Waals surface area contributed by atoms with E-state index < -0.39 is 15.6 Å². The summed E-state index contributed by atoms with van der Waals surface area (Å²) in [5, 5.41) is 0. The molecule has 0 radical (unpaired) electrons. The summed E-state index contributed by atoms with van der Waals surface area (Å²) < 4.78 is 43.0. The van der Waals surface area contributed by atoms with E-state index in [9.17, 15) is 18.9 Å². The Bertz CT molecular complexity index is 635. The molecule has 0 aromatic carbocycles. The topological polar surface area (TPSA) is 117 Å². The second kappa shape index (κ2) is 45.4. The van der Waals surface area contributed by atoms with Gasteiger partial charge in [0.2, 0.25) is 0 Å². The molecule has 0 aromatic rings. The number of phosphoric acid groups is 2. The predicted molar refractivity (Wildman–Crippen MR) is 215 cm³/mol. The Morgan fingerprint density at radius 1 is 0.294 bits per heavy atom. The van der Waals surface area contributed by atoms with Crippen LogP contribution in [0.4, 0.5) is 0 Å². The number of hydrogen-bond donors (Lipinski definition) is 0. The summed E-state index contributed by atoms with van der Waals surface area (Å²) >= 11 is 0. The number of phosphoric ester groups is 2. The predicted octanol–water partition coefficient (Wildman–Crippen LogP) is 13.2. The van der Waals surface area contributed by atoms with Crippen molar-refractivity contribution in [1.82, 2.24) is 0 Å². The number of unbranched alkanes of at least 4 members (excludes halogenated alkanes) is 28. The third-order valence-corrected chi connectivity index (χ3v) is 11.0. The van der Waals surface area contributed by atoms with Gasteiger partial charge in [-0.25, -0.2) is 0 Å². The zero-order valence-corrected chi connectivity index (χ0v) is 37.5. The largest absolute Gasteiger partial charge is 2.00 e. The van der Waals surface area contributed by atoms with Gasteiger partial charge in [0.05, 0.1) is 26.4 Å². The van der Waals surface area contributed by atoms with Crippen LogP contribution in [0.5, 0.6) is 0 Å². The minimum Gasteiger partial charge on any atom is -0.756 e. The number of hydrogen-bond acceptors (Lipinski definition) is 8. The Morgan fingerprint density at radius 2 is 0.431 bits per heavy atom. The molecule has 51 heavy (non-hydrogen) atoms. The Hall–Kier alpha value is 0.986. The van der Waals surface area contributed by atoms with Crippen molar-refractivity contribution in [2.24, 2.45) is 0 Å². The van der Waals surface area contributed by atoms with Crippen LogP contribution in [0.1, 0.15) is 233 Å². The molecule has 0 bridgehead atoms. The molecule has 0 aliphatic carbocycles. The van der Waals surface area contributed by atoms with Gasteiger partial charge >= 0.3 is 23.1 Å². The molecule has 11 heteroatoms. The average molecular weight is 779 g/mol. The van der Waals surface area contributed by atoms with Crippen LogP contribution in [0.3, 0.4) is 0 Å². The van der Waals surface area contributed by atoms with Crippen LogP contribution in [-0.4, -0.2) is 49.5 Å². The summed E-state index contributed by atoms with van der Waals surface area (Å²) in [7, 11) is -8.17. The minimum absolute atomic E-state index is 0. The van der Waals surface area contributed by atoms with E-state index in [4.69, 9.17) is 18.1 Å². The van der Waals surface area contributed by atoms with E-state index in [1.807, 2.05) is 0 Å². The van der Waals surface area contributed by atoms with Gasteiger partial charge in [0.15, 0.2) is 0 Å². The van der Waals surface area contributed by atoms with Crippen LogP contribution in [0.2, 0.25) is 0 Å². The molecular weight excluding hydrogens is 695 g/mol. The molecule has 0 spiro atoms.